The van der Waals surface area contributed by atoms with Gasteiger partial charge in [0, 0.05) is 24.3 Å². The molecule has 0 spiro atoms. The lowest BCUT2D eigenvalue weighted by atomic mass is 10.1. The van der Waals surface area contributed by atoms with E-state index in [1.54, 1.807) is 0 Å². The molecule has 0 aliphatic carbocycles. The van der Waals surface area contributed by atoms with Crippen LogP contribution in [-0.2, 0) is 16.4 Å². The Labute approximate surface area is 113 Å². The number of fused-ring (bicyclic) bond motifs is 1. The zero-order valence-corrected chi connectivity index (χ0v) is 11.5. The maximum Gasteiger partial charge on any atom is 0.150 e. The highest BCUT2D eigenvalue weighted by atomic mass is 32.2. The third-order valence-electron chi connectivity index (χ3n) is 3.77. The molecule has 2 heterocycles. The number of hydrogen-bond donors (Lipinski definition) is 2. The quantitative estimate of drug-likeness (QED) is 0.900. The van der Waals surface area contributed by atoms with Crippen molar-refractivity contribution in [3.8, 4) is 0 Å². The molecule has 0 bridgehead atoms. The second-order valence-electron chi connectivity index (χ2n) is 5.21. The number of aromatic amines is 1. The smallest absolute Gasteiger partial charge is 0.150 e. The highest BCUT2D eigenvalue weighted by molar-refractivity contribution is 7.91. The van der Waals surface area contributed by atoms with Crippen LogP contribution in [0.3, 0.4) is 0 Å². The Morgan fingerprint density at radius 2 is 2.00 bits per heavy atom. The summed E-state index contributed by atoms with van der Waals surface area (Å²) in [6, 6.07) is 8.73. The maximum atomic E-state index is 11.4. The molecule has 4 nitrogen and oxygen atoms in total. The number of rotatable bonds is 3. The third-order valence-corrected chi connectivity index (χ3v) is 5.48. The minimum atomic E-state index is -2.76. The number of benzene rings is 1. The molecule has 1 aromatic heterocycles. The van der Waals surface area contributed by atoms with Crippen molar-refractivity contribution < 1.29 is 8.42 Å². The fourth-order valence-electron chi connectivity index (χ4n) is 2.57. The second kappa shape index (κ2) is 4.98. The Hall–Kier alpha value is -1.33. The van der Waals surface area contributed by atoms with Gasteiger partial charge in [-0.3, -0.25) is 0 Å². The van der Waals surface area contributed by atoms with E-state index in [4.69, 9.17) is 0 Å². The molecule has 19 heavy (non-hydrogen) atoms. The van der Waals surface area contributed by atoms with Crippen LogP contribution < -0.4 is 5.32 Å². The number of aromatic nitrogens is 1. The van der Waals surface area contributed by atoms with Gasteiger partial charge in [0.15, 0.2) is 0 Å². The van der Waals surface area contributed by atoms with Crippen LogP contribution in [0.15, 0.2) is 30.5 Å². The number of H-pyrrole nitrogens is 1. The molecule has 5 heteroatoms. The van der Waals surface area contributed by atoms with Crippen molar-refractivity contribution in [2.24, 2.45) is 0 Å². The van der Waals surface area contributed by atoms with Crippen LogP contribution in [0.2, 0.25) is 0 Å². The van der Waals surface area contributed by atoms with Crippen LogP contribution in [-0.4, -0.2) is 30.9 Å². The first kappa shape index (κ1) is 12.7. The van der Waals surface area contributed by atoms with Gasteiger partial charge in [0.05, 0.1) is 11.5 Å². The molecule has 2 N–H and O–H groups in total. The van der Waals surface area contributed by atoms with Crippen molar-refractivity contribution in [2.45, 2.75) is 25.4 Å². The van der Waals surface area contributed by atoms with Crippen molar-refractivity contribution in [2.75, 3.05) is 11.5 Å². The summed E-state index contributed by atoms with van der Waals surface area (Å²) in [5, 5.41) is 4.67. The predicted molar refractivity (Wildman–Crippen MR) is 76.8 cm³/mol. The molecule has 0 radical (unpaired) electrons. The molecule has 0 atom stereocenters. The van der Waals surface area contributed by atoms with Gasteiger partial charge in [-0.2, -0.15) is 0 Å². The fourth-order valence-corrected chi connectivity index (χ4v) is 4.06. The molecular formula is C14H18N2O2S. The summed E-state index contributed by atoms with van der Waals surface area (Å²) in [7, 11) is -2.76. The first-order valence-electron chi connectivity index (χ1n) is 6.62. The number of sulfone groups is 1. The lowest BCUT2D eigenvalue weighted by Crippen LogP contribution is -2.37. The molecule has 0 saturated carbocycles. The minimum absolute atomic E-state index is 0.321. The van der Waals surface area contributed by atoms with E-state index in [0.29, 0.717) is 17.5 Å². The molecule has 0 unspecified atom stereocenters. The zero-order valence-electron chi connectivity index (χ0n) is 10.7. The van der Waals surface area contributed by atoms with Crippen molar-refractivity contribution in [3.05, 3.63) is 36.0 Å². The van der Waals surface area contributed by atoms with Crippen molar-refractivity contribution >= 4 is 20.7 Å². The van der Waals surface area contributed by atoms with Gasteiger partial charge in [-0.05, 0) is 42.0 Å². The van der Waals surface area contributed by atoms with Crippen LogP contribution in [0.1, 0.15) is 18.4 Å². The molecule has 3 rings (SSSR count). The second-order valence-corrected chi connectivity index (χ2v) is 7.51. The van der Waals surface area contributed by atoms with Gasteiger partial charge in [0.2, 0.25) is 0 Å². The molecule has 1 saturated heterocycles. The molecule has 1 aromatic carbocycles. The van der Waals surface area contributed by atoms with Crippen LogP contribution in [0, 0.1) is 0 Å². The summed E-state index contributed by atoms with van der Waals surface area (Å²) >= 11 is 0. The van der Waals surface area contributed by atoms with Crippen LogP contribution >= 0.6 is 0 Å². The Morgan fingerprint density at radius 1 is 1.21 bits per heavy atom. The van der Waals surface area contributed by atoms with Crippen molar-refractivity contribution in [1.29, 1.82) is 0 Å². The predicted octanol–water partition coefficient (Wildman–Crippen LogP) is 1.83. The molecule has 1 aliphatic rings. The SMILES string of the molecule is O=S1(=O)CCC(NCc2ccc3[nH]ccc3c2)CC1. The average molecular weight is 278 g/mol. The van der Waals surface area contributed by atoms with E-state index < -0.39 is 9.84 Å². The van der Waals surface area contributed by atoms with Gasteiger partial charge in [-0.15, -0.1) is 0 Å². The topological polar surface area (TPSA) is 62.0 Å². The van der Waals surface area contributed by atoms with Gasteiger partial charge in [-0.1, -0.05) is 6.07 Å². The molecule has 2 aromatic rings. The summed E-state index contributed by atoms with van der Waals surface area (Å²) in [6.07, 6.45) is 3.40. The Bertz CT molecular complexity index is 662. The van der Waals surface area contributed by atoms with E-state index in [1.807, 2.05) is 6.20 Å². The maximum absolute atomic E-state index is 11.4. The van der Waals surface area contributed by atoms with E-state index in [9.17, 15) is 8.42 Å². The normalized spacial score (nSPS) is 19.8. The van der Waals surface area contributed by atoms with Gasteiger partial charge >= 0.3 is 0 Å². The van der Waals surface area contributed by atoms with Gasteiger partial charge < -0.3 is 10.3 Å². The average Bonchev–Trinajstić information content (AvgIpc) is 2.85. The monoisotopic (exact) mass is 278 g/mol. The largest absolute Gasteiger partial charge is 0.361 e. The summed E-state index contributed by atoms with van der Waals surface area (Å²) in [4.78, 5) is 3.17. The van der Waals surface area contributed by atoms with E-state index in [1.165, 1.54) is 10.9 Å². The summed E-state index contributed by atoms with van der Waals surface area (Å²) in [5.74, 6) is 0.642. The van der Waals surface area contributed by atoms with Crippen LogP contribution in [0.25, 0.3) is 10.9 Å². The van der Waals surface area contributed by atoms with Gasteiger partial charge in [-0.25, -0.2) is 8.42 Å². The first-order valence-corrected chi connectivity index (χ1v) is 8.44. The Morgan fingerprint density at radius 3 is 2.79 bits per heavy atom. The van der Waals surface area contributed by atoms with Gasteiger partial charge in [0.1, 0.15) is 9.84 Å². The first-order chi connectivity index (χ1) is 9.12. The summed E-state index contributed by atoms with van der Waals surface area (Å²) in [6.45, 7) is 0.797. The highest BCUT2D eigenvalue weighted by Gasteiger charge is 2.22. The van der Waals surface area contributed by atoms with Crippen molar-refractivity contribution in [3.63, 3.8) is 0 Å². The van der Waals surface area contributed by atoms with E-state index in [2.05, 4.69) is 34.6 Å². The van der Waals surface area contributed by atoms with E-state index in [0.717, 1.165) is 24.9 Å². The third kappa shape index (κ3) is 2.98. The molecule has 0 amide bonds. The Kier molecular flexibility index (Phi) is 3.33. The molecule has 1 fully saturated rings. The Balaban J connectivity index is 1.60. The standard InChI is InChI=1S/C14H18N2O2S/c17-19(18)7-4-13(5-8-19)16-10-11-1-2-14-12(9-11)3-6-15-14/h1-3,6,9,13,15-16H,4-5,7-8,10H2. The fraction of sp³-hybridized carbons (Fsp3) is 0.429. The molecule has 102 valence electrons. The highest BCUT2D eigenvalue weighted by Crippen LogP contribution is 2.16. The number of nitrogens with one attached hydrogen (secondary N) is 2. The molecule has 1 aliphatic heterocycles. The van der Waals surface area contributed by atoms with Crippen LogP contribution in [0.4, 0.5) is 0 Å². The lowest BCUT2D eigenvalue weighted by molar-refractivity contribution is 0.463. The summed E-state index contributed by atoms with van der Waals surface area (Å²) in [5.41, 5.74) is 2.38. The lowest BCUT2D eigenvalue weighted by Gasteiger charge is -2.23. The van der Waals surface area contributed by atoms with Gasteiger partial charge in [0.25, 0.3) is 0 Å². The summed E-state index contributed by atoms with van der Waals surface area (Å²) < 4.78 is 22.7. The minimum Gasteiger partial charge on any atom is -0.361 e. The number of hydrogen-bond acceptors (Lipinski definition) is 3. The van der Waals surface area contributed by atoms with Crippen LogP contribution in [0.5, 0.6) is 0 Å². The zero-order chi connectivity index (χ0) is 13.3. The van der Waals surface area contributed by atoms with Crippen molar-refractivity contribution in [1.82, 2.24) is 10.3 Å². The van der Waals surface area contributed by atoms with E-state index in [-0.39, 0.29) is 0 Å². The molecular weight excluding hydrogens is 260 g/mol. The van der Waals surface area contributed by atoms with E-state index >= 15 is 0 Å².